The molecule has 0 amide bonds. The van der Waals surface area contributed by atoms with Crippen LogP contribution in [-0.4, -0.2) is 29.0 Å². The second-order valence-electron chi connectivity index (χ2n) is 5.94. The summed E-state index contributed by atoms with van der Waals surface area (Å²) in [5, 5.41) is 7.89. The van der Waals surface area contributed by atoms with Gasteiger partial charge in [0.2, 0.25) is 0 Å². The summed E-state index contributed by atoms with van der Waals surface area (Å²) in [5.74, 6) is 1.76. The second-order valence-corrected chi connectivity index (χ2v) is 5.94. The molecule has 1 fully saturated rings. The third kappa shape index (κ3) is 2.63. The number of nitrogens with zero attached hydrogens (tertiary/aromatic N) is 2. The topological polar surface area (TPSA) is 65.1 Å². The van der Waals surface area contributed by atoms with Gasteiger partial charge in [0.25, 0.3) is 0 Å². The Morgan fingerprint density at radius 1 is 1.43 bits per heavy atom. The fraction of sp³-hybridized carbons (Fsp3) is 0.375. The number of aryl methyl sites for hydroxylation is 1. The molecule has 3 heterocycles. The lowest BCUT2D eigenvalue weighted by molar-refractivity contribution is 0.762. The Morgan fingerprint density at radius 2 is 2.33 bits per heavy atom. The fourth-order valence-electron chi connectivity index (χ4n) is 2.58. The largest absolute Gasteiger partial charge is 0.356 e. The normalized spacial score (nSPS) is 19.9. The molecule has 4 rings (SSSR count). The number of hydrogen-bond donors (Lipinski definition) is 3. The van der Waals surface area contributed by atoms with E-state index in [9.17, 15) is 0 Å². The van der Waals surface area contributed by atoms with E-state index < -0.39 is 0 Å². The van der Waals surface area contributed by atoms with Crippen LogP contribution in [0.15, 0.2) is 29.1 Å². The molecule has 1 aliphatic heterocycles. The van der Waals surface area contributed by atoms with Gasteiger partial charge in [-0.25, -0.2) is 9.98 Å². The van der Waals surface area contributed by atoms with Crippen LogP contribution < -0.4 is 10.6 Å². The summed E-state index contributed by atoms with van der Waals surface area (Å²) in [4.78, 5) is 12.1. The van der Waals surface area contributed by atoms with E-state index in [0.717, 1.165) is 40.7 Å². The van der Waals surface area contributed by atoms with Crippen molar-refractivity contribution in [1.29, 1.82) is 0 Å². The van der Waals surface area contributed by atoms with E-state index in [4.69, 9.17) is 0 Å². The lowest BCUT2D eigenvalue weighted by Gasteiger charge is -2.05. The number of nitrogens with one attached hydrogen (secondary N) is 3. The molecule has 0 bridgehead atoms. The van der Waals surface area contributed by atoms with Gasteiger partial charge in [-0.15, -0.1) is 0 Å². The first kappa shape index (κ1) is 12.4. The van der Waals surface area contributed by atoms with Gasteiger partial charge in [-0.2, -0.15) is 0 Å². The monoisotopic (exact) mass is 281 g/mol. The summed E-state index contributed by atoms with van der Waals surface area (Å²) >= 11 is 0. The molecule has 5 nitrogen and oxygen atoms in total. The first-order valence-electron chi connectivity index (χ1n) is 7.47. The van der Waals surface area contributed by atoms with Crippen LogP contribution in [0, 0.1) is 12.8 Å². The van der Waals surface area contributed by atoms with Crippen molar-refractivity contribution >= 4 is 23.1 Å². The van der Waals surface area contributed by atoms with Crippen molar-refractivity contribution in [2.75, 3.05) is 13.1 Å². The summed E-state index contributed by atoms with van der Waals surface area (Å²) in [5.41, 5.74) is 4.38. The molecular formula is C16H19N5. The zero-order valence-electron chi connectivity index (χ0n) is 12.1. The summed E-state index contributed by atoms with van der Waals surface area (Å²) < 4.78 is 0. The van der Waals surface area contributed by atoms with Crippen LogP contribution in [0.25, 0.3) is 17.1 Å². The van der Waals surface area contributed by atoms with Crippen molar-refractivity contribution in [2.45, 2.75) is 19.8 Å². The highest BCUT2D eigenvalue weighted by atomic mass is 15.2. The van der Waals surface area contributed by atoms with Gasteiger partial charge >= 0.3 is 0 Å². The molecule has 0 unspecified atom stereocenters. The minimum atomic E-state index is 0.707. The molecule has 0 atom stereocenters. The summed E-state index contributed by atoms with van der Waals surface area (Å²) in [6.07, 6.45) is 8.73. The Morgan fingerprint density at radius 3 is 3.19 bits per heavy atom. The van der Waals surface area contributed by atoms with Crippen LogP contribution in [0.3, 0.4) is 0 Å². The number of aliphatic imine (C=N–C) groups is 1. The standard InChI is InChI=1S/C16H19N5/c1-10-4-14-12(8-18-15(14)17-6-10)5-13-9-20-16(21-13)19-7-11-2-3-11/h4-6,8,11H,2-3,7,9H2,1H3,(H,17,18)(H2,19,20,21)/b13-5-. The molecule has 108 valence electrons. The highest BCUT2D eigenvalue weighted by Gasteiger charge is 2.22. The molecular weight excluding hydrogens is 262 g/mol. The van der Waals surface area contributed by atoms with Crippen LogP contribution >= 0.6 is 0 Å². The quantitative estimate of drug-likeness (QED) is 0.808. The van der Waals surface area contributed by atoms with E-state index in [2.05, 4.69) is 44.7 Å². The maximum absolute atomic E-state index is 4.50. The highest BCUT2D eigenvalue weighted by molar-refractivity contribution is 5.90. The van der Waals surface area contributed by atoms with Gasteiger partial charge in [0.05, 0.1) is 6.54 Å². The van der Waals surface area contributed by atoms with Crippen LogP contribution in [-0.2, 0) is 0 Å². The van der Waals surface area contributed by atoms with Crippen molar-refractivity contribution in [3.63, 3.8) is 0 Å². The number of aromatic nitrogens is 2. The van der Waals surface area contributed by atoms with E-state index >= 15 is 0 Å². The van der Waals surface area contributed by atoms with Gasteiger partial charge in [-0.1, -0.05) is 0 Å². The van der Waals surface area contributed by atoms with Crippen LogP contribution in [0.1, 0.15) is 24.0 Å². The zero-order valence-corrected chi connectivity index (χ0v) is 12.1. The number of H-pyrrole nitrogens is 1. The van der Waals surface area contributed by atoms with Gasteiger partial charge in [-0.05, 0) is 43.4 Å². The SMILES string of the molecule is Cc1cnc2[nH]cc(/C=C3/CN=C(NCC4CC4)N3)c2c1. The van der Waals surface area contributed by atoms with Gasteiger partial charge in [0.15, 0.2) is 5.96 Å². The van der Waals surface area contributed by atoms with Crippen LogP contribution in [0.4, 0.5) is 0 Å². The van der Waals surface area contributed by atoms with Gasteiger partial charge in [0, 0.05) is 35.6 Å². The zero-order chi connectivity index (χ0) is 14.2. The number of guanidine groups is 1. The molecule has 2 aromatic rings. The molecule has 2 aliphatic rings. The average molecular weight is 281 g/mol. The number of aromatic amines is 1. The van der Waals surface area contributed by atoms with Crippen molar-refractivity contribution in [2.24, 2.45) is 10.9 Å². The Kier molecular flexibility index (Phi) is 2.91. The minimum Gasteiger partial charge on any atom is -0.356 e. The third-order valence-corrected chi connectivity index (χ3v) is 3.97. The smallest absolute Gasteiger partial charge is 0.196 e. The Labute approximate surface area is 123 Å². The van der Waals surface area contributed by atoms with Crippen molar-refractivity contribution in [3.05, 3.63) is 35.3 Å². The van der Waals surface area contributed by atoms with Crippen molar-refractivity contribution in [3.8, 4) is 0 Å². The summed E-state index contributed by atoms with van der Waals surface area (Å²) in [6.45, 7) is 3.81. The molecule has 21 heavy (non-hydrogen) atoms. The molecule has 3 N–H and O–H groups in total. The van der Waals surface area contributed by atoms with Crippen molar-refractivity contribution in [1.82, 2.24) is 20.6 Å². The van der Waals surface area contributed by atoms with E-state index in [1.165, 1.54) is 18.4 Å². The molecule has 2 aromatic heterocycles. The fourth-order valence-corrected chi connectivity index (χ4v) is 2.58. The van der Waals surface area contributed by atoms with Crippen LogP contribution in [0.5, 0.6) is 0 Å². The summed E-state index contributed by atoms with van der Waals surface area (Å²) in [6, 6.07) is 2.16. The maximum Gasteiger partial charge on any atom is 0.196 e. The third-order valence-electron chi connectivity index (χ3n) is 3.97. The molecule has 1 saturated carbocycles. The number of pyridine rings is 1. The lowest BCUT2D eigenvalue weighted by Crippen LogP contribution is -2.34. The molecule has 0 saturated heterocycles. The van der Waals surface area contributed by atoms with Gasteiger partial charge in [-0.3, -0.25) is 0 Å². The Bertz CT molecular complexity index is 736. The molecule has 0 aromatic carbocycles. The van der Waals surface area contributed by atoms with E-state index in [-0.39, 0.29) is 0 Å². The molecule has 1 aliphatic carbocycles. The Hall–Kier alpha value is -2.30. The van der Waals surface area contributed by atoms with E-state index in [1.54, 1.807) is 0 Å². The number of hydrogen-bond acceptors (Lipinski definition) is 4. The van der Waals surface area contributed by atoms with E-state index in [0.29, 0.717) is 6.54 Å². The van der Waals surface area contributed by atoms with Crippen LogP contribution in [0.2, 0.25) is 0 Å². The summed E-state index contributed by atoms with van der Waals surface area (Å²) in [7, 11) is 0. The molecule has 0 spiro atoms. The number of fused-ring (bicyclic) bond motifs is 1. The Balaban J connectivity index is 1.50. The van der Waals surface area contributed by atoms with Gasteiger partial charge in [0.1, 0.15) is 5.65 Å². The predicted molar refractivity (Wildman–Crippen MR) is 85.0 cm³/mol. The second kappa shape index (κ2) is 4.91. The molecule has 0 radical (unpaired) electrons. The average Bonchev–Trinajstić information content (AvgIpc) is 3.08. The first-order chi connectivity index (χ1) is 10.3. The minimum absolute atomic E-state index is 0.707. The predicted octanol–water partition coefficient (Wildman–Crippen LogP) is 2.17. The lowest BCUT2D eigenvalue weighted by atomic mass is 10.1. The first-order valence-corrected chi connectivity index (χ1v) is 7.47. The van der Waals surface area contributed by atoms with Gasteiger partial charge < -0.3 is 15.6 Å². The molecule has 5 heteroatoms. The maximum atomic E-state index is 4.50. The van der Waals surface area contributed by atoms with Crippen molar-refractivity contribution < 1.29 is 0 Å². The number of rotatable bonds is 3. The van der Waals surface area contributed by atoms with E-state index in [1.807, 2.05) is 12.4 Å². The highest BCUT2D eigenvalue weighted by Crippen LogP contribution is 2.27.